The number of ether oxygens (including phenoxy) is 1. The van der Waals surface area contributed by atoms with Crippen LogP contribution in [0.15, 0.2) is 42.5 Å². The Hall–Kier alpha value is -2.34. The van der Waals surface area contributed by atoms with Crippen molar-refractivity contribution in [1.29, 1.82) is 0 Å². The summed E-state index contributed by atoms with van der Waals surface area (Å²) >= 11 is 5.92. The van der Waals surface area contributed by atoms with E-state index in [9.17, 15) is 13.6 Å². The molecule has 2 aromatic carbocycles. The molecule has 0 fully saturated rings. The van der Waals surface area contributed by atoms with E-state index < -0.39 is 12.7 Å². The largest absolute Gasteiger partial charge is 0.465 e. The first-order chi connectivity index (χ1) is 12.4. The van der Waals surface area contributed by atoms with Gasteiger partial charge in [0.25, 0.3) is 0 Å². The van der Waals surface area contributed by atoms with Crippen LogP contribution in [0.3, 0.4) is 0 Å². The fourth-order valence-electron chi connectivity index (χ4n) is 3.51. The van der Waals surface area contributed by atoms with Gasteiger partial charge in [0.1, 0.15) is 5.75 Å². The smallest absolute Gasteiger partial charge is 0.404 e. The van der Waals surface area contributed by atoms with E-state index in [1.807, 2.05) is 12.1 Å². The number of hydrogen-bond acceptors (Lipinski definition) is 2. The second-order valence-corrected chi connectivity index (χ2v) is 6.71. The first-order valence-electron chi connectivity index (χ1n) is 8.24. The zero-order valence-corrected chi connectivity index (χ0v) is 14.5. The molecular formula is C19H18ClF2NO3. The maximum atomic E-state index is 12.6. The summed E-state index contributed by atoms with van der Waals surface area (Å²) in [6.45, 7) is -2.90. The highest BCUT2D eigenvalue weighted by Gasteiger charge is 2.31. The second kappa shape index (κ2) is 7.91. The number of carbonyl (C=O) groups is 1. The summed E-state index contributed by atoms with van der Waals surface area (Å²) in [6.07, 6.45) is 0.784. The first-order valence-corrected chi connectivity index (χ1v) is 8.61. The summed E-state index contributed by atoms with van der Waals surface area (Å²) in [7, 11) is 0. The van der Waals surface area contributed by atoms with E-state index in [4.69, 9.17) is 16.7 Å². The zero-order chi connectivity index (χ0) is 18.7. The molecular weight excluding hydrogens is 364 g/mol. The van der Waals surface area contributed by atoms with E-state index in [-0.39, 0.29) is 17.7 Å². The number of amides is 1. The molecule has 2 atom stereocenters. The summed E-state index contributed by atoms with van der Waals surface area (Å²) in [6, 6.07) is 11.9. The lowest BCUT2D eigenvalue weighted by molar-refractivity contribution is -0.0499. The molecule has 26 heavy (non-hydrogen) atoms. The van der Waals surface area contributed by atoms with Crippen LogP contribution in [0.5, 0.6) is 5.75 Å². The number of aryl methyl sites for hydroxylation is 1. The molecule has 0 saturated heterocycles. The Morgan fingerprint density at radius 3 is 2.65 bits per heavy atom. The first kappa shape index (κ1) is 18.5. The molecule has 0 heterocycles. The Bertz CT molecular complexity index is 783. The molecule has 0 spiro atoms. The zero-order valence-electron chi connectivity index (χ0n) is 13.8. The van der Waals surface area contributed by atoms with Gasteiger partial charge in [-0.2, -0.15) is 8.78 Å². The molecule has 3 rings (SSSR count). The van der Waals surface area contributed by atoms with Crippen LogP contribution < -0.4 is 10.1 Å². The summed E-state index contributed by atoms with van der Waals surface area (Å²) in [5.41, 5.74) is 2.85. The third-order valence-electron chi connectivity index (χ3n) is 4.63. The van der Waals surface area contributed by atoms with Gasteiger partial charge in [-0.05, 0) is 60.2 Å². The lowest BCUT2D eigenvalue weighted by Gasteiger charge is -2.34. The van der Waals surface area contributed by atoms with Gasteiger partial charge in [0.15, 0.2) is 0 Å². The Kier molecular flexibility index (Phi) is 5.61. The van der Waals surface area contributed by atoms with E-state index in [0.29, 0.717) is 24.3 Å². The molecule has 2 N–H and O–H groups in total. The average Bonchev–Trinajstić information content (AvgIpc) is 2.58. The quantitative estimate of drug-likeness (QED) is 0.778. The monoisotopic (exact) mass is 381 g/mol. The average molecular weight is 382 g/mol. The minimum Gasteiger partial charge on any atom is -0.465 e. The SMILES string of the molecule is O=C(O)NC1CCc2ccc(OC(F)F)cc2C1Cc1ccc(Cl)cc1. The van der Waals surface area contributed by atoms with Gasteiger partial charge in [-0.15, -0.1) is 0 Å². The predicted octanol–water partition coefficient (Wildman–Crippen LogP) is 4.85. The third-order valence-corrected chi connectivity index (χ3v) is 4.88. The molecule has 1 aliphatic carbocycles. The summed E-state index contributed by atoms with van der Waals surface area (Å²) < 4.78 is 29.6. The Morgan fingerprint density at radius 1 is 1.27 bits per heavy atom. The lowest BCUT2D eigenvalue weighted by Crippen LogP contribution is -2.42. The number of rotatable bonds is 5. The van der Waals surface area contributed by atoms with E-state index in [1.165, 1.54) is 6.07 Å². The number of alkyl halides is 2. The van der Waals surface area contributed by atoms with Gasteiger partial charge in [0.05, 0.1) is 0 Å². The van der Waals surface area contributed by atoms with Crippen molar-refractivity contribution >= 4 is 17.7 Å². The van der Waals surface area contributed by atoms with Gasteiger partial charge in [-0.25, -0.2) is 4.79 Å². The van der Waals surface area contributed by atoms with E-state index in [1.54, 1.807) is 24.3 Å². The lowest BCUT2D eigenvalue weighted by atomic mass is 9.76. The highest BCUT2D eigenvalue weighted by atomic mass is 35.5. The van der Waals surface area contributed by atoms with Crippen LogP contribution in [0.2, 0.25) is 5.02 Å². The van der Waals surface area contributed by atoms with E-state index >= 15 is 0 Å². The molecule has 0 aliphatic heterocycles. The van der Waals surface area contributed by atoms with Crippen LogP contribution in [0.4, 0.5) is 13.6 Å². The van der Waals surface area contributed by atoms with E-state index in [0.717, 1.165) is 16.7 Å². The van der Waals surface area contributed by atoms with Crippen molar-refractivity contribution < 1.29 is 23.4 Å². The molecule has 0 aromatic heterocycles. The topological polar surface area (TPSA) is 58.6 Å². The summed E-state index contributed by atoms with van der Waals surface area (Å²) in [5, 5.41) is 12.3. The van der Waals surface area contributed by atoms with Gasteiger partial charge in [-0.1, -0.05) is 29.8 Å². The van der Waals surface area contributed by atoms with Gasteiger partial charge in [-0.3, -0.25) is 0 Å². The molecule has 138 valence electrons. The Morgan fingerprint density at radius 2 is 2.00 bits per heavy atom. The molecule has 1 amide bonds. The summed E-state index contributed by atoms with van der Waals surface area (Å²) in [5.74, 6) is -0.104. The van der Waals surface area contributed by atoms with E-state index in [2.05, 4.69) is 10.1 Å². The van der Waals surface area contributed by atoms with Crippen LogP contribution in [-0.2, 0) is 12.8 Å². The summed E-state index contributed by atoms with van der Waals surface area (Å²) in [4.78, 5) is 11.2. The van der Waals surface area contributed by atoms with Crippen molar-refractivity contribution in [3.8, 4) is 5.75 Å². The van der Waals surface area contributed by atoms with Crippen molar-refractivity contribution in [2.24, 2.45) is 0 Å². The van der Waals surface area contributed by atoms with Crippen LogP contribution in [-0.4, -0.2) is 23.9 Å². The molecule has 2 aromatic rings. The van der Waals surface area contributed by atoms with Crippen molar-refractivity contribution in [3.05, 3.63) is 64.2 Å². The molecule has 0 saturated carbocycles. The third kappa shape index (κ3) is 4.43. The standard InChI is InChI=1S/C19H18ClF2NO3/c20-13-5-1-11(2-6-13)9-16-15-10-14(26-18(21)22)7-3-12(15)4-8-17(16)23-19(24)25/h1-3,5-7,10,16-18,23H,4,8-9H2,(H,24,25). The number of benzene rings is 2. The number of nitrogens with one attached hydrogen (secondary N) is 1. The highest BCUT2D eigenvalue weighted by Crippen LogP contribution is 2.37. The number of halogens is 3. The van der Waals surface area contributed by atoms with Crippen molar-refractivity contribution in [2.45, 2.75) is 37.8 Å². The molecule has 0 radical (unpaired) electrons. The van der Waals surface area contributed by atoms with Gasteiger partial charge in [0.2, 0.25) is 0 Å². The Balaban J connectivity index is 1.94. The van der Waals surface area contributed by atoms with Crippen LogP contribution in [0.25, 0.3) is 0 Å². The maximum Gasteiger partial charge on any atom is 0.404 e. The van der Waals surface area contributed by atoms with Crippen LogP contribution in [0, 0.1) is 0 Å². The minimum absolute atomic E-state index is 0.0795. The second-order valence-electron chi connectivity index (χ2n) is 6.27. The fraction of sp³-hybridized carbons (Fsp3) is 0.316. The van der Waals surface area contributed by atoms with Gasteiger partial charge in [0, 0.05) is 17.0 Å². The van der Waals surface area contributed by atoms with Crippen molar-refractivity contribution in [2.75, 3.05) is 0 Å². The molecule has 2 unspecified atom stereocenters. The normalized spacial score (nSPS) is 19.1. The van der Waals surface area contributed by atoms with Gasteiger partial charge >= 0.3 is 12.7 Å². The minimum atomic E-state index is -2.90. The van der Waals surface area contributed by atoms with Gasteiger partial charge < -0.3 is 15.2 Å². The molecule has 0 bridgehead atoms. The Labute approximate surface area is 154 Å². The van der Waals surface area contributed by atoms with Crippen molar-refractivity contribution in [1.82, 2.24) is 5.32 Å². The fourth-order valence-corrected chi connectivity index (χ4v) is 3.63. The maximum absolute atomic E-state index is 12.6. The molecule has 7 heteroatoms. The number of fused-ring (bicyclic) bond motifs is 1. The van der Waals surface area contributed by atoms with Crippen LogP contribution >= 0.6 is 11.6 Å². The van der Waals surface area contributed by atoms with Crippen molar-refractivity contribution in [3.63, 3.8) is 0 Å². The van der Waals surface area contributed by atoms with Crippen LogP contribution in [0.1, 0.15) is 29.0 Å². The molecule has 1 aliphatic rings. The number of hydrogen-bond donors (Lipinski definition) is 2. The highest BCUT2D eigenvalue weighted by molar-refractivity contribution is 6.30. The predicted molar refractivity (Wildman–Crippen MR) is 94.2 cm³/mol. The molecule has 4 nitrogen and oxygen atoms in total. The number of carboxylic acid groups (broad SMARTS) is 1.